The van der Waals surface area contributed by atoms with Gasteiger partial charge in [0.2, 0.25) is 12.0 Å². The molecule has 2 aliphatic heterocycles. The molecule has 1 fully saturated rings. The van der Waals surface area contributed by atoms with E-state index in [2.05, 4.69) is 4.74 Å². The lowest BCUT2D eigenvalue weighted by molar-refractivity contribution is -0.291. The maximum absolute atomic E-state index is 11.6. The highest BCUT2D eigenvalue weighted by Crippen LogP contribution is 2.29. The number of esters is 1. The predicted octanol–water partition coefficient (Wildman–Crippen LogP) is -1.18. The summed E-state index contributed by atoms with van der Waals surface area (Å²) in [6.07, 6.45) is -7.64. The Hall–Kier alpha value is -3.89. The summed E-state index contributed by atoms with van der Waals surface area (Å²) in [7, 11) is 0. The van der Waals surface area contributed by atoms with E-state index in [0.717, 1.165) is 5.56 Å². The zero-order chi connectivity index (χ0) is 29.6. The number of aromatic hydroxyl groups is 3. The Morgan fingerprint density at radius 3 is 2.00 bits per heavy atom. The maximum Gasteiger partial charge on any atom is 0.378 e. The minimum Gasteiger partial charge on any atom is -0.508 e. The van der Waals surface area contributed by atoms with E-state index in [4.69, 9.17) is 24.8 Å². The van der Waals surface area contributed by atoms with Crippen LogP contribution in [0, 0.1) is 0 Å². The van der Waals surface area contributed by atoms with Crippen molar-refractivity contribution in [2.75, 3.05) is 13.2 Å². The first-order valence-electron chi connectivity index (χ1n) is 11.9. The average Bonchev–Trinajstić information content (AvgIpc) is 3.20. The highest BCUT2D eigenvalue weighted by Gasteiger charge is 2.48. The number of carbonyl (C=O) groups excluding carboxylic acids is 1. The van der Waals surface area contributed by atoms with Crippen LogP contribution in [-0.4, -0.2) is 113 Å². The van der Waals surface area contributed by atoms with Gasteiger partial charge in [0.15, 0.2) is 11.9 Å². The van der Waals surface area contributed by atoms with Crippen molar-refractivity contribution in [3.63, 3.8) is 0 Å². The average molecular weight is 567 g/mol. The lowest BCUT2D eigenvalue weighted by atomic mass is 9.99. The van der Waals surface area contributed by atoms with E-state index in [9.17, 15) is 40.5 Å². The van der Waals surface area contributed by atoms with Gasteiger partial charge in [0.1, 0.15) is 47.8 Å². The van der Waals surface area contributed by atoms with Gasteiger partial charge in [-0.2, -0.15) is 0 Å². The SMILES string of the molecule is O=C1O[C@H]([C@@H](O)CO)C(O)=C1O[C@@H]1O[C@H](CO)[C@@H](O)[C@H](O)[C@H]1O.Oc1ccc(/C=C/c2cc(O)cc(O)c2)cc1. The van der Waals surface area contributed by atoms with Gasteiger partial charge in [-0.15, -0.1) is 0 Å². The summed E-state index contributed by atoms with van der Waals surface area (Å²) in [4.78, 5) is 11.6. The van der Waals surface area contributed by atoms with E-state index < -0.39 is 73.6 Å². The molecule has 2 heterocycles. The number of ether oxygens (including phenoxy) is 3. The minimum atomic E-state index is -1.79. The molecule has 14 nitrogen and oxygen atoms in total. The van der Waals surface area contributed by atoms with E-state index in [1.165, 1.54) is 6.07 Å². The summed E-state index contributed by atoms with van der Waals surface area (Å²) in [5.74, 6) is -2.53. The number of rotatable bonds is 7. The lowest BCUT2D eigenvalue weighted by Crippen LogP contribution is -2.59. The van der Waals surface area contributed by atoms with Crippen molar-refractivity contribution in [1.82, 2.24) is 0 Å². The van der Waals surface area contributed by atoms with Gasteiger partial charge in [0.25, 0.3) is 0 Å². The predicted molar refractivity (Wildman–Crippen MR) is 134 cm³/mol. The Labute approximate surface area is 227 Å². The van der Waals surface area contributed by atoms with Gasteiger partial charge < -0.3 is 65.3 Å². The third kappa shape index (κ3) is 7.40. The Morgan fingerprint density at radius 1 is 0.825 bits per heavy atom. The second-order valence-electron chi connectivity index (χ2n) is 8.81. The van der Waals surface area contributed by atoms with Gasteiger partial charge in [0.05, 0.1) is 13.2 Å². The number of benzene rings is 2. The molecule has 40 heavy (non-hydrogen) atoms. The second kappa shape index (κ2) is 13.5. The summed E-state index contributed by atoms with van der Waals surface area (Å²) in [5.41, 5.74) is 1.63. The molecule has 10 N–H and O–H groups in total. The summed E-state index contributed by atoms with van der Waals surface area (Å²) in [6, 6.07) is 11.1. The van der Waals surface area contributed by atoms with Crippen molar-refractivity contribution in [1.29, 1.82) is 0 Å². The van der Waals surface area contributed by atoms with Crippen LogP contribution in [0.3, 0.4) is 0 Å². The van der Waals surface area contributed by atoms with Crippen LogP contribution in [0.1, 0.15) is 11.1 Å². The first-order chi connectivity index (χ1) is 18.9. The number of cyclic esters (lactones) is 1. The smallest absolute Gasteiger partial charge is 0.378 e. The molecule has 0 unspecified atom stereocenters. The maximum atomic E-state index is 11.6. The summed E-state index contributed by atoms with van der Waals surface area (Å²) in [5, 5.41) is 93.8. The minimum absolute atomic E-state index is 0.0235. The number of phenolic OH excluding ortho intramolecular Hbond substituents is 3. The Balaban J connectivity index is 0.000000230. The van der Waals surface area contributed by atoms with E-state index in [-0.39, 0.29) is 17.2 Å². The third-order valence-electron chi connectivity index (χ3n) is 5.83. The summed E-state index contributed by atoms with van der Waals surface area (Å²) in [6.45, 7) is -1.50. The molecule has 0 saturated carbocycles. The van der Waals surface area contributed by atoms with Crippen LogP contribution in [-0.2, 0) is 19.0 Å². The number of phenols is 3. The van der Waals surface area contributed by atoms with Crippen molar-refractivity contribution >= 4 is 18.1 Å². The Bertz CT molecular complexity index is 1190. The molecule has 0 aromatic heterocycles. The number of hydrogen-bond donors (Lipinski definition) is 10. The van der Waals surface area contributed by atoms with Crippen molar-refractivity contribution in [2.45, 2.75) is 42.9 Å². The van der Waals surface area contributed by atoms with Crippen LogP contribution in [0.4, 0.5) is 0 Å². The van der Waals surface area contributed by atoms with E-state index in [1.807, 2.05) is 6.08 Å². The normalized spacial score (nSPS) is 27.2. The number of aliphatic hydroxyl groups is 7. The molecule has 14 heteroatoms. The molecule has 0 spiro atoms. The van der Waals surface area contributed by atoms with Crippen LogP contribution >= 0.6 is 0 Å². The standard InChI is InChI=1S/C14H12O3.C12H18O11/c15-12-5-3-10(4-6-12)1-2-11-7-13(16)9-14(17)8-11;13-1-3(15)9-8(19)10(11(20)22-9)23-12-7(18)6(17)5(16)4(2-14)21-12/h1-9,15-17H;3-7,9,12-19H,1-2H2/b2-1+;/t;3-,4+,5+,6-,7+,9+,12-/m.0/s1. The molecule has 0 aliphatic carbocycles. The number of hydrogen-bond acceptors (Lipinski definition) is 14. The first-order valence-corrected chi connectivity index (χ1v) is 11.9. The first kappa shape index (κ1) is 30.6. The number of carbonyl (C=O) groups is 1. The topological polar surface area (TPSA) is 247 Å². The molecular weight excluding hydrogens is 536 g/mol. The molecular formula is C26H30O14. The Morgan fingerprint density at radius 2 is 1.43 bits per heavy atom. The summed E-state index contributed by atoms with van der Waals surface area (Å²) < 4.78 is 14.6. The van der Waals surface area contributed by atoms with E-state index >= 15 is 0 Å². The van der Waals surface area contributed by atoms with Gasteiger partial charge in [-0.3, -0.25) is 0 Å². The monoisotopic (exact) mass is 566 g/mol. The molecule has 218 valence electrons. The molecule has 1 saturated heterocycles. The van der Waals surface area contributed by atoms with Gasteiger partial charge in [-0.05, 0) is 35.4 Å². The molecule has 2 aliphatic rings. The van der Waals surface area contributed by atoms with Crippen molar-refractivity contribution in [2.24, 2.45) is 0 Å². The van der Waals surface area contributed by atoms with Crippen molar-refractivity contribution in [3.05, 3.63) is 65.1 Å². The van der Waals surface area contributed by atoms with Gasteiger partial charge in [-0.25, -0.2) is 4.79 Å². The van der Waals surface area contributed by atoms with Crippen molar-refractivity contribution < 1.29 is 70.1 Å². The molecule has 0 radical (unpaired) electrons. The zero-order valence-electron chi connectivity index (χ0n) is 20.8. The lowest BCUT2D eigenvalue weighted by Gasteiger charge is -2.39. The second-order valence-corrected chi connectivity index (χ2v) is 8.81. The molecule has 0 amide bonds. The fourth-order valence-corrected chi connectivity index (χ4v) is 3.70. The van der Waals surface area contributed by atoms with Crippen LogP contribution in [0.2, 0.25) is 0 Å². The van der Waals surface area contributed by atoms with Gasteiger partial charge in [-0.1, -0.05) is 24.3 Å². The van der Waals surface area contributed by atoms with Crippen LogP contribution < -0.4 is 0 Å². The van der Waals surface area contributed by atoms with Crippen LogP contribution in [0.15, 0.2) is 54.0 Å². The van der Waals surface area contributed by atoms with Gasteiger partial charge >= 0.3 is 5.97 Å². The number of aliphatic hydroxyl groups excluding tert-OH is 7. The quantitative estimate of drug-likeness (QED) is 0.140. The molecule has 7 atom stereocenters. The molecule has 4 rings (SSSR count). The fraction of sp³-hybridized carbons (Fsp3) is 0.346. The van der Waals surface area contributed by atoms with Gasteiger partial charge in [0, 0.05) is 6.07 Å². The van der Waals surface area contributed by atoms with Crippen LogP contribution in [0.25, 0.3) is 12.2 Å². The Kier molecular flexibility index (Phi) is 10.3. The molecule has 2 aromatic rings. The molecule has 2 aromatic carbocycles. The van der Waals surface area contributed by atoms with Crippen LogP contribution in [0.5, 0.6) is 17.2 Å². The highest BCUT2D eigenvalue weighted by atomic mass is 16.7. The largest absolute Gasteiger partial charge is 0.508 e. The zero-order valence-corrected chi connectivity index (χ0v) is 20.8. The van der Waals surface area contributed by atoms with E-state index in [0.29, 0.717) is 5.56 Å². The molecule has 0 bridgehead atoms. The fourth-order valence-electron chi connectivity index (χ4n) is 3.70. The summed E-state index contributed by atoms with van der Waals surface area (Å²) >= 11 is 0. The highest BCUT2D eigenvalue weighted by molar-refractivity contribution is 5.89. The van der Waals surface area contributed by atoms with E-state index in [1.54, 1.807) is 42.5 Å². The third-order valence-corrected chi connectivity index (χ3v) is 5.83. The van der Waals surface area contributed by atoms with Crippen molar-refractivity contribution in [3.8, 4) is 17.2 Å².